The molecule has 0 unspecified atom stereocenters. The monoisotopic (exact) mass is 430 g/mol. The van der Waals surface area contributed by atoms with Crippen LogP contribution < -0.4 is 10.9 Å². The number of hydrogen-bond acceptors (Lipinski definition) is 5. The van der Waals surface area contributed by atoms with Gasteiger partial charge in [-0.2, -0.15) is 0 Å². The maximum absolute atomic E-state index is 12.4. The number of aromatic nitrogens is 3. The highest BCUT2D eigenvalue weighted by atomic mass is 32.1. The molecule has 7 heteroatoms. The number of rotatable bonds is 6. The van der Waals surface area contributed by atoms with Crippen molar-refractivity contribution in [1.29, 1.82) is 0 Å². The summed E-state index contributed by atoms with van der Waals surface area (Å²) < 4.78 is 1.31. The van der Waals surface area contributed by atoms with E-state index in [1.807, 2.05) is 49.4 Å². The SMILES string of the molecule is Cc1ccccc1-c1nc(C)c(CNC(=O)Cn2cnc(-c3ccccc3)cc2=O)s1. The molecule has 0 aliphatic rings. The Kier molecular flexibility index (Phi) is 6.04. The van der Waals surface area contributed by atoms with Gasteiger partial charge >= 0.3 is 0 Å². The van der Waals surface area contributed by atoms with E-state index in [-0.39, 0.29) is 18.0 Å². The highest BCUT2D eigenvalue weighted by Gasteiger charge is 2.13. The maximum atomic E-state index is 12.4. The van der Waals surface area contributed by atoms with Crippen LogP contribution >= 0.6 is 11.3 Å². The largest absolute Gasteiger partial charge is 0.350 e. The van der Waals surface area contributed by atoms with Crippen molar-refractivity contribution in [3.8, 4) is 21.8 Å². The van der Waals surface area contributed by atoms with Gasteiger partial charge in [0, 0.05) is 22.1 Å². The van der Waals surface area contributed by atoms with Crippen LogP contribution in [0.1, 0.15) is 16.1 Å². The van der Waals surface area contributed by atoms with E-state index in [4.69, 9.17) is 0 Å². The molecule has 0 atom stereocenters. The van der Waals surface area contributed by atoms with Crippen molar-refractivity contribution in [2.75, 3.05) is 0 Å². The Morgan fingerprint density at radius 3 is 2.55 bits per heavy atom. The summed E-state index contributed by atoms with van der Waals surface area (Å²) in [6.07, 6.45) is 1.42. The van der Waals surface area contributed by atoms with E-state index in [0.717, 1.165) is 32.3 Å². The van der Waals surface area contributed by atoms with Crippen LogP contribution in [0.15, 0.2) is 71.8 Å². The van der Waals surface area contributed by atoms with E-state index < -0.39 is 0 Å². The lowest BCUT2D eigenvalue weighted by atomic mass is 10.1. The molecule has 0 fully saturated rings. The zero-order chi connectivity index (χ0) is 21.8. The molecule has 0 bridgehead atoms. The van der Waals surface area contributed by atoms with Crippen molar-refractivity contribution in [3.05, 3.63) is 93.5 Å². The highest BCUT2D eigenvalue weighted by molar-refractivity contribution is 7.15. The summed E-state index contributed by atoms with van der Waals surface area (Å²) in [6.45, 7) is 4.29. The topological polar surface area (TPSA) is 76.9 Å². The van der Waals surface area contributed by atoms with E-state index in [1.165, 1.54) is 17.0 Å². The van der Waals surface area contributed by atoms with E-state index in [9.17, 15) is 9.59 Å². The van der Waals surface area contributed by atoms with Gasteiger partial charge in [0.1, 0.15) is 11.6 Å². The first-order valence-electron chi connectivity index (χ1n) is 9.92. The molecule has 0 radical (unpaired) electrons. The van der Waals surface area contributed by atoms with Crippen molar-refractivity contribution in [1.82, 2.24) is 19.9 Å². The van der Waals surface area contributed by atoms with Gasteiger partial charge in [-0.15, -0.1) is 11.3 Å². The summed E-state index contributed by atoms with van der Waals surface area (Å²) in [6, 6.07) is 19.0. The van der Waals surface area contributed by atoms with Gasteiger partial charge in [-0.05, 0) is 19.4 Å². The van der Waals surface area contributed by atoms with Gasteiger partial charge in [0.25, 0.3) is 5.56 Å². The molecule has 2 heterocycles. The lowest BCUT2D eigenvalue weighted by molar-refractivity contribution is -0.121. The van der Waals surface area contributed by atoms with Gasteiger partial charge in [-0.25, -0.2) is 9.97 Å². The molecule has 1 N–H and O–H groups in total. The van der Waals surface area contributed by atoms with Crippen LogP contribution in [0.25, 0.3) is 21.8 Å². The molecule has 2 aromatic heterocycles. The Morgan fingerprint density at radius 1 is 1.06 bits per heavy atom. The number of carbonyl (C=O) groups excluding carboxylic acids is 1. The number of hydrogen-bond donors (Lipinski definition) is 1. The Hall–Kier alpha value is -3.58. The van der Waals surface area contributed by atoms with E-state index in [0.29, 0.717) is 12.2 Å². The zero-order valence-electron chi connectivity index (χ0n) is 17.3. The number of nitrogens with zero attached hydrogens (tertiary/aromatic N) is 3. The molecule has 0 saturated heterocycles. The average molecular weight is 431 g/mol. The fourth-order valence-corrected chi connectivity index (χ4v) is 4.31. The number of nitrogens with one attached hydrogen (secondary N) is 1. The first-order chi connectivity index (χ1) is 15.0. The molecule has 4 rings (SSSR count). The fourth-order valence-electron chi connectivity index (χ4n) is 3.22. The summed E-state index contributed by atoms with van der Waals surface area (Å²) in [5.41, 5.74) is 4.35. The first-order valence-corrected chi connectivity index (χ1v) is 10.7. The number of benzene rings is 2. The minimum Gasteiger partial charge on any atom is -0.350 e. The van der Waals surface area contributed by atoms with Crippen molar-refractivity contribution >= 4 is 17.2 Å². The van der Waals surface area contributed by atoms with Crippen LogP contribution in [-0.2, 0) is 17.9 Å². The van der Waals surface area contributed by atoms with Crippen molar-refractivity contribution in [3.63, 3.8) is 0 Å². The van der Waals surface area contributed by atoms with Gasteiger partial charge in [-0.1, -0.05) is 54.6 Å². The van der Waals surface area contributed by atoms with Gasteiger partial charge in [0.2, 0.25) is 5.91 Å². The lowest BCUT2D eigenvalue weighted by Gasteiger charge is -2.07. The summed E-state index contributed by atoms with van der Waals surface area (Å²) in [4.78, 5) is 34.8. The summed E-state index contributed by atoms with van der Waals surface area (Å²) in [5.74, 6) is -0.249. The molecular formula is C24H22N4O2S. The molecular weight excluding hydrogens is 408 g/mol. The predicted octanol–water partition coefficient (Wildman–Crippen LogP) is 3.97. The molecule has 2 aromatic carbocycles. The molecule has 31 heavy (non-hydrogen) atoms. The second-order valence-electron chi connectivity index (χ2n) is 7.23. The maximum Gasteiger partial charge on any atom is 0.254 e. The molecule has 4 aromatic rings. The van der Waals surface area contributed by atoms with Crippen LogP contribution in [0.2, 0.25) is 0 Å². The van der Waals surface area contributed by atoms with Crippen LogP contribution in [0, 0.1) is 13.8 Å². The summed E-state index contributed by atoms with van der Waals surface area (Å²) in [5, 5.41) is 3.83. The standard InChI is InChI=1S/C24H22N4O2S/c1-16-8-6-7-11-19(16)24-27-17(2)21(31-24)13-25-22(29)14-28-15-26-20(12-23(28)30)18-9-4-3-5-10-18/h3-12,15H,13-14H2,1-2H3,(H,25,29). The van der Waals surface area contributed by atoms with Crippen molar-refractivity contribution in [2.24, 2.45) is 0 Å². The number of aryl methyl sites for hydroxylation is 2. The molecule has 0 aliphatic heterocycles. The third kappa shape index (κ3) is 4.78. The van der Waals surface area contributed by atoms with Gasteiger partial charge in [0.15, 0.2) is 0 Å². The average Bonchev–Trinajstić information content (AvgIpc) is 3.15. The van der Waals surface area contributed by atoms with Crippen molar-refractivity contribution in [2.45, 2.75) is 26.9 Å². The van der Waals surface area contributed by atoms with E-state index >= 15 is 0 Å². The Labute approximate surface area is 184 Å². The smallest absolute Gasteiger partial charge is 0.254 e. The second-order valence-corrected chi connectivity index (χ2v) is 8.31. The molecule has 0 aliphatic carbocycles. The number of thiazole rings is 1. The summed E-state index contributed by atoms with van der Waals surface area (Å²) in [7, 11) is 0. The quantitative estimate of drug-likeness (QED) is 0.502. The minimum atomic E-state index is -0.264. The summed E-state index contributed by atoms with van der Waals surface area (Å²) >= 11 is 1.57. The predicted molar refractivity (Wildman–Crippen MR) is 123 cm³/mol. The Balaban J connectivity index is 1.41. The second kappa shape index (κ2) is 9.06. The third-order valence-corrected chi connectivity index (χ3v) is 6.17. The van der Waals surface area contributed by atoms with Crippen LogP contribution in [-0.4, -0.2) is 20.4 Å². The third-order valence-electron chi connectivity index (χ3n) is 4.98. The zero-order valence-corrected chi connectivity index (χ0v) is 18.1. The highest BCUT2D eigenvalue weighted by Crippen LogP contribution is 2.29. The lowest BCUT2D eigenvalue weighted by Crippen LogP contribution is -2.31. The molecule has 6 nitrogen and oxygen atoms in total. The first kappa shape index (κ1) is 20.7. The fraction of sp³-hybridized carbons (Fsp3) is 0.167. The normalized spacial score (nSPS) is 10.8. The van der Waals surface area contributed by atoms with Crippen LogP contribution in [0.5, 0.6) is 0 Å². The molecule has 156 valence electrons. The Morgan fingerprint density at radius 2 is 1.81 bits per heavy atom. The Bertz CT molecular complexity index is 1280. The van der Waals surface area contributed by atoms with Crippen LogP contribution in [0.4, 0.5) is 0 Å². The van der Waals surface area contributed by atoms with Gasteiger partial charge in [0.05, 0.1) is 24.3 Å². The molecule has 1 amide bonds. The molecule has 0 spiro atoms. The molecule has 0 saturated carbocycles. The van der Waals surface area contributed by atoms with Gasteiger partial charge < -0.3 is 5.32 Å². The number of amides is 1. The van der Waals surface area contributed by atoms with E-state index in [2.05, 4.69) is 34.3 Å². The van der Waals surface area contributed by atoms with E-state index in [1.54, 1.807) is 11.3 Å². The number of carbonyl (C=O) groups is 1. The minimum absolute atomic E-state index is 0.0800. The van der Waals surface area contributed by atoms with Gasteiger partial charge in [-0.3, -0.25) is 14.2 Å². The van der Waals surface area contributed by atoms with Crippen molar-refractivity contribution < 1.29 is 4.79 Å². The van der Waals surface area contributed by atoms with Crippen LogP contribution in [0.3, 0.4) is 0 Å².